The molecule has 0 saturated carbocycles. The van der Waals surface area contributed by atoms with Crippen LogP contribution in [0.15, 0.2) is 48.5 Å². The van der Waals surface area contributed by atoms with E-state index in [0.717, 1.165) is 17.5 Å². The highest BCUT2D eigenvalue weighted by Crippen LogP contribution is 2.18. The minimum atomic E-state index is -0.641. The van der Waals surface area contributed by atoms with E-state index in [1.165, 1.54) is 0 Å². The van der Waals surface area contributed by atoms with Crippen LogP contribution in [0.3, 0.4) is 0 Å². The highest BCUT2D eigenvalue weighted by atomic mass is 16.5. The number of carbonyl (C=O) groups is 2. The van der Waals surface area contributed by atoms with E-state index in [9.17, 15) is 9.59 Å². The predicted molar refractivity (Wildman–Crippen MR) is 118 cm³/mol. The maximum Gasteiger partial charge on any atom is 0.261 e. The van der Waals surface area contributed by atoms with Crippen molar-refractivity contribution in [2.75, 3.05) is 13.7 Å². The predicted octanol–water partition coefficient (Wildman–Crippen LogP) is 3.71. The SMILES string of the molecule is CC[C@@H](C)NC(=O)[C@H](C)N(Cc1cccc(OC)c1)C(=O)COc1ccccc1C. The summed E-state index contributed by atoms with van der Waals surface area (Å²) in [5, 5.41) is 2.96. The Morgan fingerprint density at radius 2 is 1.83 bits per heavy atom. The first-order chi connectivity index (χ1) is 14.3. The van der Waals surface area contributed by atoms with Gasteiger partial charge in [-0.3, -0.25) is 9.59 Å². The molecule has 6 nitrogen and oxygen atoms in total. The van der Waals surface area contributed by atoms with Crippen molar-refractivity contribution in [3.63, 3.8) is 0 Å². The summed E-state index contributed by atoms with van der Waals surface area (Å²) in [5.74, 6) is 0.918. The molecule has 0 spiro atoms. The molecule has 2 rings (SSSR count). The number of rotatable bonds is 10. The lowest BCUT2D eigenvalue weighted by Gasteiger charge is -2.29. The molecule has 2 amide bonds. The summed E-state index contributed by atoms with van der Waals surface area (Å²) in [4.78, 5) is 27.4. The molecule has 2 aromatic rings. The van der Waals surface area contributed by atoms with Gasteiger partial charge in [0.25, 0.3) is 5.91 Å². The molecule has 0 unspecified atom stereocenters. The number of aryl methyl sites for hydroxylation is 1. The number of hydrogen-bond acceptors (Lipinski definition) is 4. The summed E-state index contributed by atoms with van der Waals surface area (Å²) in [6, 6.07) is 14.4. The van der Waals surface area contributed by atoms with E-state index in [-0.39, 0.29) is 31.0 Å². The summed E-state index contributed by atoms with van der Waals surface area (Å²) < 4.78 is 11.0. The van der Waals surface area contributed by atoms with Gasteiger partial charge in [0, 0.05) is 12.6 Å². The van der Waals surface area contributed by atoms with Gasteiger partial charge in [-0.15, -0.1) is 0 Å². The zero-order valence-electron chi connectivity index (χ0n) is 18.5. The summed E-state index contributed by atoms with van der Waals surface area (Å²) in [6.45, 7) is 7.75. The van der Waals surface area contributed by atoms with E-state index in [1.807, 2.05) is 69.3 Å². The number of ether oxygens (including phenoxy) is 2. The van der Waals surface area contributed by atoms with Crippen molar-refractivity contribution < 1.29 is 19.1 Å². The lowest BCUT2D eigenvalue weighted by atomic mass is 10.1. The van der Waals surface area contributed by atoms with Crippen LogP contribution in [0, 0.1) is 6.92 Å². The fraction of sp³-hybridized carbons (Fsp3) is 0.417. The maximum atomic E-state index is 13.1. The number of nitrogens with zero attached hydrogens (tertiary/aromatic N) is 1. The number of methoxy groups -OCH3 is 1. The third-order valence-corrected chi connectivity index (χ3v) is 5.10. The van der Waals surface area contributed by atoms with Crippen molar-refractivity contribution in [2.45, 2.75) is 52.7 Å². The van der Waals surface area contributed by atoms with Crippen LogP contribution >= 0.6 is 0 Å². The van der Waals surface area contributed by atoms with E-state index in [1.54, 1.807) is 18.9 Å². The van der Waals surface area contributed by atoms with E-state index in [0.29, 0.717) is 11.5 Å². The van der Waals surface area contributed by atoms with Crippen molar-refractivity contribution in [1.29, 1.82) is 0 Å². The molecule has 0 aliphatic heterocycles. The molecule has 0 aliphatic carbocycles. The Morgan fingerprint density at radius 1 is 1.10 bits per heavy atom. The molecular weight excluding hydrogens is 380 g/mol. The molecule has 0 aromatic heterocycles. The average Bonchev–Trinajstić information content (AvgIpc) is 2.76. The van der Waals surface area contributed by atoms with Gasteiger partial charge < -0.3 is 19.7 Å². The number of para-hydroxylation sites is 1. The molecule has 6 heteroatoms. The molecule has 2 atom stereocenters. The average molecular weight is 413 g/mol. The van der Waals surface area contributed by atoms with Crippen molar-refractivity contribution in [3.05, 3.63) is 59.7 Å². The Labute approximate surface area is 179 Å². The number of carbonyl (C=O) groups excluding carboxylic acids is 2. The Bertz CT molecular complexity index is 853. The highest BCUT2D eigenvalue weighted by Gasteiger charge is 2.27. The monoisotopic (exact) mass is 412 g/mol. The molecule has 2 aromatic carbocycles. The van der Waals surface area contributed by atoms with Crippen LogP contribution in [-0.2, 0) is 16.1 Å². The standard InChI is InChI=1S/C24H32N2O4/c1-6-18(3)25-24(28)19(4)26(15-20-11-9-12-21(14-20)29-5)23(27)16-30-22-13-8-7-10-17(22)2/h7-14,18-19H,6,15-16H2,1-5H3,(H,25,28)/t18-,19+/m1/s1. The summed E-state index contributed by atoms with van der Waals surface area (Å²) in [6.07, 6.45) is 0.818. The summed E-state index contributed by atoms with van der Waals surface area (Å²) in [5.41, 5.74) is 1.83. The van der Waals surface area contributed by atoms with E-state index < -0.39 is 6.04 Å². The van der Waals surface area contributed by atoms with Gasteiger partial charge in [0.05, 0.1) is 7.11 Å². The third kappa shape index (κ3) is 6.51. The van der Waals surface area contributed by atoms with Crippen LogP contribution in [0.4, 0.5) is 0 Å². The van der Waals surface area contributed by atoms with Crippen molar-refractivity contribution in [2.24, 2.45) is 0 Å². The van der Waals surface area contributed by atoms with Crippen LogP contribution in [0.2, 0.25) is 0 Å². The number of benzene rings is 2. The molecule has 0 heterocycles. The van der Waals surface area contributed by atoms with Crippen molar-refractivity contribution >= 4 is 11.8 Å². The normalized spacial score (nSPS) is 12.6. The Morgan fingerprint density at radius 3 is 2.50 bits per heavy atom. The van der Waals surface area contributed by atoms with Gasteiger partial charge in [-0.25, -0.2) is 0 Å². The molecule has 0 fully saturated rings. The minimum Gasteiger partial charge on any atom is -0.497 e. The zero-order chi connectivity index (χ0) is 22.1. The van der Waals surface area contributed by atoms with E-state index in [4.69, 9.17) is 9.47 Å². The van der Waals surface area contributed by atoms with Crippen LogP contribution in [0.5, 0.6) is 11.5 Å². The van der Waals surface area contributed by atoms with E-state index in [2.05, 4.69) is 5.32 Å². The second kappa shape index (κ2) is 11.2. The fourth-order valence-corrected chi connectivity index (χ4v) is 2.96. The Hall–Kier alpha value is -3.02. The smallest absolute Gasteiger partial charge is 0.261 e. The largest absolute Gasteiger partial charge is 0.497 e. The van der Waals surface area contributed by atoms with Gasteiger partial charge in [-0.2, -0.15) is 0 Å². The zero-order valence-corrected chi connectivity index (χ0v) is 18.5. The second-order valence-corrected chi connectivity index (χ2v) is 7.42. The quantitative estimate of drug-likeness (QED) is 0.646. The summed E-state index contributed by atoms with van der Waals surface area (Å²) in [7, 11) is 1.60. The fourth-order valence-electron chi connectivity index (χ4n) is 2.96. The minimum absolute atomic E-state index is 0.0388. The van der Waals surface area contributed by atoms with Crippen LogP contribution < -0.4 is 14.8 Å². The lowest BCUT2D eigenvalue weighted by Crippen LogP contribution is -2.50. The van der Waals surface area contributed by atoms with Crippen LogP contribution in [-0.4, -0.2) is 42.5 Å². The first-order valence-electron chi connectivity index (χ1n) is 10.3. The molecule has 0 aliphatic rings. The third-order valence-electron chi connectivity index (χ3n) is 5.10. The molecule has 0 radical (unpaired) electrons. The molecule has 1 N–H and O–H groups in total. The summed E-state index contributed by atoms with van der Waals surface area (Å²) >= 11 is 0. The molecule has 162 valence electrons. The van der Waals surface area contributed by atoms with Crippen LogP contribution in [0.1, 0.15) is 38.3 Å². The maximum absolute atomic E-state index is 13.1. The van der Waals surface area contributed by atoms with Gasteiger partial charge >= 0.3 is 0 Å². The van der Waals surface area contributed by atoms with Gasteiger partial charge in [0.15, 0.2) is 6.61 Å². The molecular formula is C24H32N2O4. The van der Waals surface area contributed by atoms with E-state index >= 15 is 0 Å². The number of hydrogen-bond donors (Lipinski definition) is 1. The van der Waals surface area contributed by atoms with Crippen molar-refractivity contribution in [1.82, 2.24) is 10.2 Å². The van der Waals surface area contributed by atoms with Crippen LogP contribution in [0.25, 0.3) is 0 Å². The lowest BCUT2D eigenvalue weighted by molar-refractivity contribution is -0.142. The Kier molecular flexibility index (Phi) is 8.71. The molecule has 0 bridgehead atoms. The van der Waals surface area contributed by atoms with Gasteiger partial charge in [-0.1, -0.05) is 37.3 Å². The first-order valence-corrected chi connectivity index (χ1v) is 10.3. The van der Waals surface area contributed by atoms with Gasteiger partial charge in [-0.05, 0) is 56.5 Å². The highest BCUT2D eigenvalue weighted by molar-refractivity contribution is 5.88. The van der Waals surface area contributed by atoms with Gasteiger partial charge in [0.2, 0.25) is 5.91 Å². The van der Waals surface area contributed by atoms with Gasteiger partial charge in [0.1, 0.15) is 17.5 Å². The number of nitrogens with one attached hydrogen (secondary N) is 1. The van der Waals surface area contributed by atoms with Crippen molar-refractivity contribution in [3.8, 4) is 11.5 Å². The first kappa shape index (κ1) is 23.3. The molecule has 30 heavy (non-hydrogen) atoms. The second-order valence-electron chi connectivity index (χ2n) is 7.42. The molecule has 0 saturated heterocycles. The number of amides is 2. The Balaban J connectivity index is 2.19. The topological polar surface area (TPSA) is 67.9 Å².